The van der Waals surface area contributed by atoms with Gasteiger partial charge in [0.1, 0.15) is 5.60 Å². The zero-order valence-corrected chi connectivity index (χ0v) is 19.8. The molecule has 0 aliphatic carbocycles. The molecule has 3 rings (SSSR count). The van der Waals surface area contributed by atoms with Crippen molar-refractivity contribution in [1.82, 2.24) is 19.5 Å². The van der Waals surface area contributed by atoms with Crippen molar-refractivity contribution in [2.24, 2.45) is 0 Å². The van der Waals surface area contributed by atoms with E-state index in [1.807, 2.05) is 6.92 Å². The Morgan fingerprint density at radius 3 is 2.70 bits per heavy atom. The molecule has 0 aromatic carbocycles. The number of anilines is 1. The maximum absolute atomic E-state index is 13.5. The Kier molecular flexibility index (Phi) is 8.57. The molecule has 0 radical (unpaired) electrons. The van der Waals surface area contributed by atoms with Crippen LogP contribution in [0.15, 0.2) is 11.1 Å². The average Bonchev–Trinajstić information content (AvgIpc) is 3.31. The van der Waals surface area contributed by atoms with Crippen molar-refractivity contribution >= 4 is 40.4 Å². The first-order valence-corrected chi connectivity index (χ1v) is 11.6. The molecule has 0 saturated carbocycles. The first-order chi connectivity index (χ1) is 15.9. The van der Waals surface area contributed by atoms with Gasteiger partial charge in [0.15, 0.2) is 23.5 Å². The number of fused-ring (bicyclic) bond motifs is 1. The molecular formula is C21H30ClN5O6. The zero-order valence-electron chi connectivity index (χ0n) is 19.1. The van der Waals surface area contributed by atoms with E-state index < -0.39 is 29.4 Å². The number of alkyl halides is 1. The van der Waals surface area contributed by atoms with Crippen molar-refractivity contribution in [2.75, 3.05) is 31.0 Å². The van der Waals surface area contributed by atoms with Gasteiger partial charge in [-0.15, -0.1) is 11.6 Å². The van der Waals surface area contributed by atoms with E-state index in [1.165, 1.54) is 17.8 Å². The molecule has 33 heavy (non-hydrogen) atoms. The highest BCUT2D eigenvalue weighted by Gasteiger charge is 2.56. The lowest BCUT2D eigenvalue weighted by molar-refractivity contribution is -0.139. The molecule has 3 atom stereocenters. The molecule has 1 aliphatic heterocycles. The third-order valence-corrected chi connectivity index (χ3v) is 5.75. The van der Waals surface area contributed by atoms with Crippen molar-refractivity contribution in [3.05, 3.63) is 16.7 Å². The van der Waals surface area contributed by atoms with E-state index in [2.05, 4.69) is 27.2 Å². The maximum Gasteiger partial charge on any atom is 0.280 e. The second kappa shape index (κ2) is 11.2. The van der Waals surface area contributed by atoms with E-state index in [0.29, 0.717) is 13.2 Å². The normalized spacial score (nSPS) is 22.8. The monoisotopic (exact) mass is 483 g/mol. The summed E-state index contributed by atoms with van der Waals surface area (Å²) in [5.74, 6) is -0.870. The predicted octanol–water partition coefficient (Wildman–Crippen LogP) is 2.16. The number of imidazole rings is 1. The third-order valence-electron chi connectivity index (χ3n) is 5.30. The summed E-state index contributed by atoms with van der Waals surface area (Å²) in [6.45, 7) is 6.31. The lowest BCUT2D eigenvalue weighted by Crippen LogP contribution is -2.49. The Morgan fingerprint density at radius 2 is 2.03 bits per heavy atom. The number of carbonyl (C=O) groups excluding carboxylic acids is 2. The minimum absolute atomic E-state index is 0.00604. The van der Waals surface area contributed by atoms with E-state index in [9.17, 15) is 14.4 Å². The second-order valence-electron chi connectivity index (χ2n) is 8.00. The van der Waals surface area contributed by atoms with Gasteiger partial charge in [0.2, 0.25) is 17.6 Å². The number of halogens is 1. The van der Waals surface area contributed by atoms with Crippen LogP contribution < -0.4 is 10.9 Å². The Hall–Kier alpha value is -2.34. The Labute approximate surface area is 196 Å². The fourth-order valence-corrected chi connectivity index (χ4v) is 3.85. The standard InChI is InChI=1S/C21H30ClN5O6/c1-4-6-8-31-11-21(10-22)16(32-9-7-5-2)15(29)19(33-21)27-12-23-14-17(27)25-20(24-13(3)28)26-18(14)30/h12,16,19H,4-11H2,1-3H3,(H2,24,25,26,28,30)/t16-,19+,21+/m0/s1. The molecule has 1 amide bonds. The first-order valence-electron chi connectivity index (χ1n) is 11.1. The topological polar surface area (TPSA) is 137 Å². The van der Waals surface area contributed by atoms with Crippen LogP contribution in [0.4, 0.5) is 5.95 Å². The molecule has 1 aliphatic rings. The van der Waals surface area contributed by atoms with Crippen LogP contribution in [-0.2, 0) is 23.8 Å². The smallest absolute Gasteiger partial charge is 0.280 e. The fraction of sp³-hybridized carbons (Fsp3) is 0.667. The fourth-order valence-electron chi connectivity index (χ4n) is 3.57. The quantitative estimate of drug-likeness (QED) is 0.346. The Balaban J connectivity index is 1.97. The van der Waals surface area contributed by atoms with Gasteiger partial charge in [-0.25, -0.2) is 4.98 Å². The summed E-state index contributed by atoms with van der Waals surface area (Å²) in [6.07, 6.45) is 2.67. The van der Waals surface area contributed by atoms with Crippen molar-refractivity contribution in [1.29, 1.82) is 0 Å². The molecule has 11 nitrogen and oxygen atoms in total. The van der Waals surface area contributed by atoms with Crippen LogP contribution in [-0.4, -0.2) is 68.6 Å². The molecule has 0 spiro atoms. The maximum atomic E-state index is 13.5. The highest BCUT2D eigenvalue weighted by molar-refractivity contribution is 6.19. The van der Waals surface area contributed by atoms with Crippen molar-refractivity contribution < 1.29 is 23.8 Å². The largest absolute Gasteiger partial charge is 0.378 e. The summed E-state index contributed by atoms with van der Waals surface area (Å²) in [5, 5.41) is 2.43. The van der Waals surface area contributed by atoms with Gasteiger partial charge in [-0.3, -0.25) is 29.3 Å². The number of ketones is 1. The number of aromatic nitrogens is 4. The number of rotatable bonds is 12. The van der Waals surface area contributed by atoms with Gasteiger partial charge in [0.05, 0.1) is 18.8 Å². The number of carbonyl (C=O) groups is 2. The van der Waals surface area contributed by atoms with Crippen LogP contribution >= 0.6 is 11.6 Å². The van der Waals surface area contributed by atoms with Crippen molar-refractivity contribution in [3.8, 4) is 0 Å². The summed E-state index contributed by atoms with van der Waals surface area (Å²) < 4.78 is 19.3. The summed E-state index contributed by atoms with van der Waals surface area (Å²) in [5.41, 5.74) is -1.67. The van der Waals surface area contributed by atoms with Gasteiger partial charge < -0.3 is 14.2 Å². The number of ether oxygens (including phenoxy) is 3. The highest BCUT2D eigenvalue weighted by Crippen LogP contribution is 2.38. The van der Waals surface area contributed by atoms with Gasteiger partial charge in [-0.2, -0.15) is 4.98 Å². The van der Waals surface area contributed by atoms with Gasteiger partial charge in [0.25, 0.3) is 5.56 Å². The number of nitrogens with zero attached hydrogens (tertiary/aromatic N) is 3. The molecule has 0 bridgehead atoms. The molecule has 1 fully saturated rings. The number of H-pyrrole nitrogens is 1. The number of nitrogens with one attached hydrogen (secondary N) is 2. The van der Waals surface area contributed by atoms with E-state index in [0.717, 1.165) is 25.7 Å². The van der Waals surface area contributed by atoms with Gasteiger partial charge in [-0.1, -0.05) is 26.7 Å². The molecule has 12 heteroatoms. The number of Topliss-reactive ketones (excluding diaryl/α,β-unsaturated/α-hetero) is 1. The Bertz CT molecular complexity index is 1040. The molecule has 0 unspecified atom stereocenters. The van der Waals surface area contributed by atoms with Gasteiger partial charge in [-0.05, 0) is 12.8 Å². The van der Waals surface area contributed by atoms with E-state index in [4.69, 9.17) is 25.8 Å². The molecule has 182 valence electrons. The first kappa shape index (κ1) is 25.3. The molecule has 1 saturated heterocycles. The molecule has 2 aromatic heterocycles. The van der Waals surface area contributed by atoms with Crippen LogP contribution in [0.25, 0.3) is 11.2 Å². The van der Waals surface area contributed by atoms with Crippen LogP contribution in [0.3, 0.4) is 0 Å². The number of amides is 1. The zero-order chi connectivity index (χ0) is 24.0. The second-order valence-corrected chi connectivity index (χ2v) is 8.27. The summed E-state index contributed by atoms with van der Waals surface area (Å²) in [6, 6.07) is 0. The van der Waals surface area contributed by atoms with E-state index >= 15 is 0 Å². The number of aromatic amines is 1. The minimum atomic E-state index is -1.21. The van der Waals surface area contributed by atoms with Crippen molar-refractivity contribution in [2.45, 2.75) is 64.4 Å². The SMILES string of the molecule is CCCCOC[C@@]1(CCl)O[C@@H](n2cnc3c(=O)[nH]c(NC(C)=O)nc32)C(=O)[C@@H]1OCCCC. The average molecular weight is 484 g/mol. The summed E-state index contributed by atoms with van der Waals surface area (Å²) >= 11 is 6.32. The number of hydrogen-bond acceptors (Lipinski definition) is 8. The molecular weight excluding hydrogens is 454 g/mol. The van der Waals surface area contributed by atoms with Crippen LogP contribution in [0.1, 0.15) is 52.7 Å². The van der Waals surface area contributed by atoms with Crippen LogP contribution in [0, 0.1) is 0 Å². The van der Waals surface area contributed by atoms with Gasteiger partial charge in [0, 0.05) is 20.1 Å². The van der Waals surface area contributed by atoms with Crippen molar-refractivity contribution in [3.63, 3.8) is 0 Å². The third kappa shape index (κ3) is 5.43. The number of unbranched alkanes of at least 4 members (excludes halogenated alkanes) is 2. The summed E-state index contributed by atoms with van der Waals surface area (Å²) in [7, 11) is 0. The van der Waals surface area contributed by atoms with Crippen LogP contribution in [0.2, 0.25) is 0 Å². The predicted molar refractivity (Wildman–Crippen MR) is 121 cm³/mol. The van der Waals surface area contributed by atoms with E-state index in [1.54, 1.807) is 0 Å². The Morgan fingerprint density at radius 1 is 1.30 bits per heavy atom. The summed E-state index contributed by atoms with van der Waals surface area (Å²) in [4.78, 5) is 48.0. The lowest BCUT2D eigenvalue weighted by Gasteiger charge is -2.31. The highest BCUT2D eigenvalue weighted by atomic mass is 35.5. The molecule has 3 heterocycles. The number of hydrogen-bond donors (Lipinski definition) is 2. The van der Waals surface area contributed by atoms with Crippen LogP contribution in [0.5, 0.6) is 0 Å². The van der Waals surface area contributed by atoms with E-state index in [-0.39, 0.29) is 35.4 Å². The van der Waals surface area contributed by atoms with Gasteiger partial charge >= 0.3 is 0 Å². The molecule has 2 N–H and O–H groups in total. The minimum Gasteiger partial charge on any atom is -0.378 e. The lowest BCUT2D eigenvalue weighted by atomic mass is 9.98. The molecule has 2 aromatic rings.